The van der Waals surface area contributed by atoms with Crippen molar-refractivity contribution in [2.75, 3.05) is 0 Å². The molecule has 0 N–H and O–H groups in total. The Morgan fingerprint density at radius 3 is 1.43 bits per heavy atom. The van der Waals surface area contributed by atoms with Crippen LogP contribution in [0.1, 0.15) is 0 Å². The van der Waals surface area contributed by atoms with Gasteiger partial charge < -0.3 is 0 Å². The minimum Gasteiger partial charge on any atom is -0.256 e. The van der Waals surface area contributed by atoms with E-state index in [1.807, 2.05) is 109 Å². The molecule has 7 aromatic carbocycles. The van der Waals surface area contributed by atoms with Gasteiger partial charge in [-0.1, -0.05) is 140 Å². The predicted molar refractivity (Wildman–Crippen MR) is 218 cm³/mol. The fourth-order valence-electron chi connectivity index (χ4n) is 7.03. The second-order valence-corrected chi connectivity index (χ2v) is 13.2. The van der Waals surface area contributed by atoms with Crippen LogP contribution in [0.3, 0.4) is 0 Å². The number of aromatic nitrogens is 6. The molecule has 0 aliphatic carbocycles. The summed E-state index contributed by atoms with van der Waals surface area (Å²) < 4.78 is 0. The van der Waals surface area contributed by atoms with Gasteiger partial charge in [-0.15, -0.1) is 0 Å². The first-order chi connectivity index (χ1) is 26.7. The Hall–Kier alpha value is -7.44. The van der Waals surface area contributed by atoms with Crippen molar-refractivity contribution < 1.29 is 0 Å². The molecule has 0 bridgehead atoms. The lowest BCUT2D eigenvalue weighted by Gasteiger charge is -2.13. The van der Waals surface area contributed by atoms with E-state index in [-0.39, 0.29) is 0 Å². The number of nitrogens with zero attached hydrogens (tertiary/aromatic N) is 6. The number of hydrogen-bond acceptors (Lipinski definition) is 6. The number of fused-ring (bicyclic) bond motifs is 4. The first-order valence-electron chi connectivity index (χ1n) is 17.9. The summed E-state index contributed by atoms with van der Waals surface area (Å²) in [4.78, 5) is 30.1. The summed E-state index contributed by atoms with van der Waals surface area (Å²) in [5.74, 6) is 1.82. The molecule has 6 heteroatoms. The molecule has 0 saturated heterocycles. The Morgan fingerprint density at radius 1 is 0.296 bits per heavy atom. The van der Waals surface area contributed by atoms with Crippen LogP contribution in [-0.4, -0.2) is 29.9 Å². The van der Waals surface area contributed by atoms with Crippen LogP contribution in [0.15, 0.2) is 182 Å². The maximum atomic E-state index is 5.24. The van der Waals surface area contributed by atoms with Crippen LogP contribution in [0.2, 0.25) is 0 Å². The molecule has 0 atom stereocenters. The average molecular weight is 691 g/mol. The molecule has 6 nitrogen and oxygen atoms in total. The third kappa shape index (κ3) is 5.82. The van der Waals surface area contributed by atoms with Gasteiger partial charge in [-0.05, 0) is 52.9 Å². The summed E-state index contributed by atoms with van der Waals surface area (Å²) in [6, 6.07) is 59.8. The van der Waals surface area contributed by atoms with Crippen LogP contribution < -0.4 is 0 Å². The lowest BCUT2D eigenvalue weighted by molar-refractivity contribution is 1.07. The largest absolute Gasteiger partial charge is 0.256 e. The second kappa shape index (κ2) is 13.3. The zero-order valence-corrected chi connectivity index (χ0v) is 29.0. The molecule has 0 amide bonds. The Kier molecular flexibility index (Phi) is 7.69. The summed E-state index contributed by atoms with van der Waals surface area (Å²) in [6.45, 7) is 0. The van der Waals surface area contributed by atoms with E-state index in [4.69, 9.17) is 29.9 Å². The number of rotatable bonds is 6. The lowest BCUT2D eigenvalue weighted by atomic mass is 9.96. The molecule has 3 heterocycles. The fourth-order valence-corrected chi connectivity index (χ4v) is 7.03. The van der Waals surface area contributed by atoms with E-state index in [0.717, 1.165) is 83.0 Å². The van der Waals surface area contributed by atoms with Gasteiger partial charge in [0.1, 0.15) is 0 Å². The highest BCUT2D eigenvalue weighted by atomic mass is 15.0. The second-order valence-electron chi connectivity index (χ2n) is 13.2. The molecule has 0 aliphatic rings. The van der Waals surface area contributed by atoms with Crippen molar-refractivity contribution in [1.82, 2.24) is 29.9 Å². The third-order valence-corrected chi connectivity index (χ3v) is 9.72. The first-order valence-corrected chi connectivity index (χ1v) is 17.9. The summed E-state index contributed by atoms with van der Waals surface area (Å²) in [5, 5.41) is 3.41. The van der Waals surface area contributed by atoms with Crippen molar-refractivity contribution in [1.29, 1.82) is 0 Å². The van der Waals surface area contributed by atoms with Gasteiger partial charge in [0, 0.05) is 44.8 Å². The van der Waals surface area contributed by atoms with E-state index in [0.29, 0.717) is 17.5 Å². The number of pyridine rings is 1. The van der Waals surface area contributed by atoms with Crippen LogP contribution in [0, 0.1) is 0 Å². The molecule has 0 spiro atoms. The van der Waals surface area contributed by atoms with Gasteiger partial charge in [-0.25, -0.2) is 24.9 Å². The van der Waals surface area contributed by atoms with Crippen molar-refractivity contribution in [3.8, 4) is 67.8 Å². The van der Waals surface area contributed by atoms with Crippen LogP contribution in [0.5, 0.6) is 0 Å². The molecule has 0 fully saturated rings. The third-order valence-electron chi connectivity index (χ3n) is 9.72. The average Bonchev–Trinajstić information content (AvgIpc) is 3.26. The summed E-state index contributed by atoms with van der Waals surface area (Å²) >= 11 is 0. The van der Waals surface area contributed by atoms with Crippen molar-refractivity contribution in [2.24, 2.45) is 0 Å². The van der Waals surface area contributed by atoms with Crippen LogP contribution in [0.25, 0.3) is 101 Å². The highest BCUT2D eigenvalue weighted by Gasteiger charge is 2.17. The molecule has 252 valence electrons. The molecule has 54 heavy (non-hydrogen) atoms. The van der Waals surface area contributed by atoms with Gasteiger partial charge in [0.25, 0.3) is 0 Å². The highest BCUT2D eigenvalue weighted by Crippen LogP contribution is 2.36. The monoisotopic (exact) mass is 690 g/mol. The number of hydrogen-bond donors (Lipinski definition) is 0. The topological polar surface area (TPSA) is 77.3 Å². The maximum Gasteiger partial charge on any atom is 0.164 e. The number of benzene rings is 7. The van der Waals surface area contributed by atoms with Gasteiger partial charge in [-0.3, -0.25) is 4.98 Å². The predicted octanol–water partition coefficient (Wildman–Crippen LogP) is 11.5. The fraction of sp³-hybridized carbons (Fsp3) is 0. The minimum absolute atomic E-state index is 0.583. The van der Waals surface area contributed by atoms with E-state index >= 15 is 0 Å². The van der Waals surface area contributed by atoms with Crippen LogP contribution in [0.4, 0.5) is 0 Å². The zero-order valence-electron chi connectivity index (χ0n) is 29.0. The molecule has 0 radical (unpaired) electrons. The lowest BCUT2D eigenvalue weighted by Crippen LogP contribution is -2.00. The van der Waals surface area contributed by atoms with E-state index in [9.17, 15) is 0 Å². The van der Waals surface area contributed by atoms with Gasteiger partial charge >= 0.3 is 0 Å². The van der Waals surface area contributed by atoms with E-state index < -0.39 is 0 Å². The Labute approximate surface area is 311 Å². The standard InChI is InChI=1S/C48H30N6/c1-3-12-33(13-4-1)46-52-47(34-14-5-2-6-15-34)54-48(53-46)39-19-10-18-38(29-39)45-44(50-41-21-7-8-22-42(41)51-45)37-17-9-16-35(28-37)36-26-24-31-23-25-32-20-11-27-49-43(32)40(31)30-36/h1-30H. The van der Waals surface area contributed by atoms with Crippen LogP contribution >= 0.6 is 0 Å². The minimum atomic E-state index is 0.583. The Morgan fingerprint density at radius 2 is 0.778 bits per heavy atom. The Bertz CT molecular complexity index is 2940. The first kappa shape index (κ1) is 31.3. The van der Waals surface area contributed by atoms with Crippen LogP contribution in [-0.2, 0) is 0 Å². The molecular weight excluding hydrogens is 661 g/mol. The Balaban J connectivity index is 1.11. The van der Waals surface area contributed by atoms with Gasteiger partial charge in [0.05, 0.1) is 27.9 Å². The molecule has 0 aliphatic heterocycles. The van der Waals surface area contributed by atoms with Crippen molar-refractivity contribution in [3.05, 3.63) is 182 Å². The quantitative estimate of drug-likeness (QED) is 0.162. The summed E-state index contributed by atoms with van der Waals surface area (Å²) in [5.41, 5.74) is 11.0. The van der Waals surface area contributed by atoms with Crippen molar-refractivity contribution in [2.45, 2.75) is 0 Å². The smallest absolute Gasteiger partial charge is 0.164 e. The molecule has 0 saturated carbocycles. The van der Waals surface area contributed by atoms with Gasteiger partial charge in [0.15, 0.2) is 17.5 Å². The van der Waals surface area contributed by atoms with E-state index in [1.54, 1.807) is 0 Å². The SMILES string of the molecule is c1ccc(-c2nc(-c3ccccc3)nc(-c3cccc(-c4nc5ccccc5nc4-c4cccc(-c5ccc6ccc7cccnc7c6c5)c4)c3)n2)cc1. The molecular formula is C48H30N6. The van der Waals surface area contributed by atoms with Gasteiger partial charge in [-0.2, -0.15) is 0 Å². The van der Waals surface area contributed by atoms with Crippen molar-refractivity contribution in [3.63, 3.8) is 0 Å². The highest BCUT2D eigenvalue weighted by molar-refractivity contribution is 6.06. The van der Waals surface area contributed by atoms with Gasteiger partial charge in [0.2, 0.25) is 0 Å². The number of para-hydroxylation sites is 2. The normalized spacial score (nSPS) is 11.3. The summed E-state index contributed by atoms with van der Waals surface area (Å²) in [7, 11) is 0. The molecule has 10 rings (SSSR count). The molecule has 10 aromatic rings. The van der Waals surface area contributed by atoms with E-state index in [2.05, 4.69) is 72.8 Å². The molecule has 0 unspecified atom stereocenters. The summed E-state index contributed by atoms with van der Waals surface area (Å²) in [6.07, 6.45) is 1.86. The van der Waals surface area contributed by atoms with Crippen molar-refractivity contribution >= 4 is 32.7 Å². The maximum absolute atomic E-state index is 5.24. The van der Waals surface area contributed by atoms with E-state index in [1.165, 1.54) is 0 Å². The zero-order chi connectivity index (χ0) is 35.8. The molecule has 3 aromatic heterocycles.